The Bertz CT molecular complexity index is 2800. The summed E-state index contributed by atoms with van der Waals surface area (Å²) in [6, 6.07) is 69.2. The molecule has 1 aliphatic rings. The highest BCUT2D eigenvalue weighted by molar-refractivity contribution is 6.12. The zero-order valence-corrected chi connectivity index (χ0v) is 29.3. The first-order chi connectivity index (χ1) is 25.5. The van der Waals surface area contributed by atoms with Crippen LogP contribution >= 0.6 is 0 Å². The van der Waals surface area contributed by atoms with E-state index in [1.807, 2.05) is 0 Å². The molecule has 0 radical (unpaired) electrons. The van der Waals surface area contributed by atoms with E-state index in [2.05, 4.69) is 207 Å². The number of fused-ring (bicyclic) bond motifs is 7. The molecule has 9 aromatic rings. The molecule has 1 heteroatoms. The van der Waals surface area contributed by atoms with Crippen LogP contribution in [0.3, 0.4) is 0 Å². The van der Waals surface area contributed by atoms with Crippen molar-refractivity contribution in [1.82, 2.24) is 0 Å². The van der Waals surface area contributed by atoms with Crippen molar-refractivity contribution in [2.45, 2.75) is 19.3 Å². The normalized spacial score (nSPS) is 13.0. The lowest BCUT2D eigenvalue weighted by Gasteiger charge is -2.28. The minimum Gasteiger partial charge on any atom is -0.310 e. The minimum absolute atomic E-state index is 0.0891. The summed E-state index contributed by atoms with van der Waals surface area (Å²) in [4.78, 5) is 2.41. The first kappa shape index (κ1) is 30.4. The van der Waals surface area contributed by atoms with Crippen LogP contribution < -0.4 is 4.90 Å². The molecule has 0 saturated heterocycles. The molecule has 0 fully saturated rings. The molecule has 0 heterocycles. The molecule has 0 spiro atoms. The van der Waals surface area contributed by atoms with Gasteiger partial charge in [0.15, 0.2) is 0 Å². The first-order valence-electron chi connectivity index (χ1n) is 18.2. The van der Waals surface area contributed by atoms with Crippen molar-refractivity contribution in [2.75, 3.05) is 4.90 Å². The Labute approximate surface area is 305 Å². The van der Waals surface area contributed by atoms with Crippen LogP contribution in [0.2, 0.25) is 0 Å². The minimum atomic E-state index is -0.0891. The summed E-state index contributed by atoms with van der Waals surface area (Å²) in [6.45, 7) is 4.71. The highest BCUT2D eigenvalue weighted by Gasteiger charge is 2.35. The molecule has 0 saturated carbocycles. The third-order valence-corrected chi connectivity index (χ3v) is 11.3. The SMILES string of the molecule is CC1(C)c2ccccc2-c2ccc(N(c3ccc(-c4cccc5ccccc45)cc3)c3ccc(-c4cccc5c4ccc4ccccc45)cc3)cc21. The number of nitrogens with zero attached hydrogens (tertiary/aromatic N) is 1. The number of benzene rings is 9. The predicted molar refractivity (Wildman–Crippen MR) is 222 cm³/mol. The van der Waals surface area contributed by atoms with E-state index in [-0.39, 0.29) is 5.41 Å². The van der Waals surface area contributed by atoms with Crippen molar-refractivity contribution in [3.8, 4) is 33.4 Å². The molecular weight excluding hydrogens is 627 g/mol. The van der Waals surface area contributed by atoms with Crippen LogP contribution in [-0.4, -0.2) is 0 Å². The molecule has 0 amide bonds. The van der Waals surface area contributed by atoms with Crippen LogP contribution in [0.25, 0.3) is 65.7 Å². The molecular formula is C51H37N. The summed E-state index contributed by atoms with van der Waals surface area (Å²) in [6.07, 6.45) is 0. The molecule has 0 unspecified atom stereocenters. The van der Waals surface area contributed by atoms with Gasteiger partial charge < -0.3 is 4.90 Å². The zero-order valence-electron chi connectivity index (χ0n) is 29.3. The molecule has 0 bridgehead atoms. The largest absolute Gasteiger partial charge is 0.310 e. The maximum atomic E-state index is 2.41. The van der Waals surface area contributed by atoms with Crippen LogP contribution in [0.4, 0.5) is 17.1 Å². The van der Waals surface area contributed by atoms with Gasteiger partial charge >= 0.3 is 0 Å². The fourth-order valence-electron chi connectivity index (χ4n) is 8.63. The molecule has 246 valence electrons. The quantitative estimate of drug-likeness (QED) is 0.166. The standard InChI is InChI=1S/C51H37N/c1-51(2)49-20-8-7-16-47(49)48-32-30-40(33-50(48)51)52(38-26-21-36(22-27-38)42-17-9-13-34-11-3-5-14-41(34)42)39-28-23-37(24-29-39)44-18-10-19-45-43-15-6-4-12-35(43)25-31-46(44)45/h3-33H,1-2H3. The van der Waals surface area contributed by atoms with Crippen LogP contribution in [0.1, 0.15) is 25.0 Å². The Morgan fingerprint density at radius 3 is 1.56 bits per heavy atom. The summed E-state index contributed by atoms with van der Waals surface area (Å²) < 4.78 is 0. The van der Waals surface area contributed by atoms with E-state index < -0.39 is 0 Å². The van der Waals surface area contributed by atoms with Crippen molar-refractivity contribution in [2.24, 2.45) is 0 Å². The van der Waals surface area contributed by atoms with E-state index >= 15 is 0 Å². The molecule has 0 aliphatic heterocycles. The van der Waals surface area contributed by atoms with E-state index in [4.69, 9.17) is 0 Å². The Kier molecular flexibility index (Phi) is 6.91. The highest BCUT2D eigenvalue weighted by Crippen LogP contribution is 2.50. The summed E-state index contributed by atoms with van der Waals surface area (Å²) >= 11 is 0. The second-order valence-corrected chi connectivity index (χ2v) is 14.5. The topological polar surface area (TPSA) is 3.24 Å². The average molecular weight is 664 g/mol. The van der Waals surface area contributed by atoms with Gasteiger partial charge in [0.2, 0.25) is 0 Å². The second-order valence-electron chi connectivity index (χ2n) is 14.5. The van der Waals surface area contributed by atoms with Gasteiger partial charge in [-0.15, -0.1) is 0 Å². The summed E-state index contributed by atoms with van der Waals surface area (Å²) in [7, 11) is 0. The maximum absolute atomic E-state index is 2.41. The molecule has 9 aromatic carbocycles. The van der Waals surface area contributed by atoms with Crippen molar-refractivity contribution in [3.63, 3.8) is 0 Å². The first-order valence-corrected chi connectivity index (χ1v) is 18.2. The van der Waals surface area contributed by atoms with Gasteiger partial charge in [0.05, 0.1) is 0 Å². The lowest BCUT2D eigenvalue weighted by Crippen LogP contribution is -2.16. The Hall–Kier alpha value is -6.44. The Balaban J connectivity index is 1.09. The van der Waals surface area contributed by atoms with Crippen LogP contribution in [0.5, 0.6) is 0 Å². The number of hydrogen-bond donors (Lipinski definition) is 0. The summed E-state index contributed by atoms with van der Waals surface area (Å²) in [5.41, 5.74) is 13.7. The molecule has 0 aromatic heterocycles. The molecule has 52 heavy (non-hydrogen) atoms. The lowest BCUT2D eigenvalue weighted by molar-refractivity contribution is 0.660. The smallest absolute Gasteiger partial charge is 0.0465 e. The highest BCUT2D eigenvalue weighted by atomic mass is 15.1. The van der Waals surface area contributed by atoms with Crippen LogP contribution in [0, 0.1) is 0 Å². The average Bonchev–Trinajstić information content (AvgIpc) is 3.43. The van der Waals surface area contributed by atoms with Crippen LogP contribution in [0.15, 0.2) is 188 Å². The van der Waals surface area contributed by atoms with Crippen molar-refractivity contribution in [1.29, 1.82) is 0 Å². The predicted octanol–water partition coefficient (Wildman–Crippen LogP) is 14.3. The van der Waals surface area contributed by atoms with Gasteiger partial charge in [0.1, 0.15) is 0 Å². The summed E-state index contributed by atoms with van der Waals surface area (Å²) in [5, 5.41) is 7.65. The lowest BCUT2D eigenvalue weighted by atomic mass is 9.82. The molecule has 0 atom stereocenters. The van der Waals surface area contributed by atoms with Gasteiger partial charge in [-0.05, 0) is 113 Å². The van der Waals surface area contributed by atoms with E-state index in [1.165, 1.54) is 76.8 Å². The van der Waals surface area contributed by atoms with Crippen LogP contribution in [-0.2, 0) is 5.41 Å². The monoisotopic (exact) mass is 663 g/mol. The molecule has 1 aliphatic carbocycles. The number of hydrogen-bond acceptors (Lipinski definition) is 1. The maximum Gasteiger partial charge on any atom is 0.0465 e. The van der Waals surface area contributed by atoms with Gasteiger partial charge in [-0.3, -0.25) is 0 Å². The fraction of sp³-hybridized carbons (Fsp3) is 0.0588. The third kappa shape index (κ3) is 4.77. The zero-order chi connectivity index (χ0) is 34.8. The van der Waals surface area contributed by atoms with Gasteiger partial charge in [0.25, 0.3) is 0 Å². The van der Waals surface area contributed by atoms with Gasteiger partial charge in [0, 0.05) is 22.5 Å². The Morgan fingerprint density at radius 1 is 0.327 bits per heavy atom. The fourth-order valence-corrected chi connectivity index (χ4v) is 8.63. The van der Waals surface area contributed by atoms with Gasteiger partial charge in [-0.2, -0.15) is 0 Å². The molecule has 10 rings (SSSR count). The number of anilines is 3. The van der Waals surface area contributed by atoms with Crippen molar-refractivity contribution in [3.05, 3.63) is 199 Å². The van der Waals surface area contributed by atoms with E-state index in [1.54, 1.807) is 0 Å². The van der Waals surface area contributed by atoms with E-state index in [0.29, 0.717) is 0 Å². The molecule has 0 N–H and O–H groups in total. The summed E-state index contributed by atoms with van der Waals surface area (Å²) in [5.74, 6) is 0. The third-order valence-electron chi connectivity index (χ3n) is 11.3. The molecule has 1 nitrogen and oxygen atoms in total. The Morgan fingerprint density at radius 2 is 0.827 bits per heavy atom. The van der Waals surface area contributed by atoms with E-state index in [9.17, 15) is 0 Å². The second kappa shape index (κ2) is 11.8. The van der Waals surface area contributed by atoms with Crippen molar-refractivity contribution < 1.29 is 0 Å². The number of rotatable bonds is 5. The van der Waals surface area contributed by atoms with Gasteiger partial charge in [-0.25, -0.2) is 0 Å². The van der Waals surface area contributed by atoms with Crippen molar-refractivity contribution >= 4 is 49.4 Å². The van der Waals surface area contributed by atoms with E-state index in [0.717, 1.165) is 17.1 Å². The van der Waals surface area contributed by atoms with Gasteiger partial charge in [-0.1, -0.05) is 166 Å².